The summed E-state index contributed by atoms with van der Waals surface area (Å²) in [6.07, 6.45) is 7.30. The molecule has 1 unspecified atom stereocenters. The van der Waals surface area contributed by atoms with E-state index < -0.39 is 0 Å². The van der Waals surface area contributed by atoms with E-state index in [1.807, 2.05) is 11.8 Å². The van der Waals surface area contributed by atoms with Crippen molar-refractivity contribution in [2.75, 3.05) is 51.2 Å². The van der Waals surface area contributed by atoms with Gasteiger partial charge < -0.3 is 20.3 Å². The molecular weight excluding hydrogens is 508 g/mol. The first-order valence-corrected chi connectivity index (χ1v) is 15.3. The number of amides is 1. The van der Waals surface area contributed by atoms with Crippen molar-refractivity contribution < 1.29 is 9.53 Å². The molecule has 3 aromatic rings. The molecule has 8 nitrogen and oxygen atoms in total. The Balaban J connectivity index is 1.11. The number of aromatic nitrogens is 2. The quantitative estimate of drug-likeness (QED) is 0.409. The van der Waals surface area contributed by atoms with Crippen LogP contribution in [-0.2, 0) is 17.6 Å². The molecule has 1 aromatic carbocycles. The second kappa shape index (κ2) is 11.4. The number of aryl methyl sites for hydroxylation is 3. The van der Waals surface area contributed by atoms with Gasteiger partial charge in [-0.05, 0) is 87.6 Å². The van der Waals surface area contributed by atoms with Gasteiger partial charge in [0.25, 0.3) is 0 Å². The fraction of sp³-hybridized carbons (Fsp3) is 0.567. The summed E-state index contributed by atoms with van der Waals surface area (Å²) >= 11 is 1.76. The van der Waals surface area contributed by atoms with Crippen LogP contribution in [0, 0.1) is 19.8 Å². The lowest BCUT2D eigenvalue weighted by atomic mass is 9.93. The van der Waals surface area contributed by atoms with Crippen LogP contribution in [0.4, 0.5) is 11.5 Å². The Bertz CT molecular complexity index is 1340. The zero-order valence-electron chi connectivity index (χ0n) is 23.4. The maximum Gasteiger partial charge on any atom is 0.236 e. The van der Waals surface area contributed by atoms with Gasteiger partial charge in [0.15, 0.2) is 0 Å². The van der Waals surface area contributed by atoms with E-state index in [4.69, 9.17) is 4.74 Å². The van der Waals surface area contributed by atoms with Crippen molar-refractivity contribution in [2.24, 2.45) is 5.92 Å². The van der Waals surface area contributed by atoms with Crippen molar-refractivity contribution in [3.63, 3.8) is 0 Å². The summed E-state index contributed by atoms with van der Waals surface area (Å²) in [4.78, 5) is 29.1. The third-order valence-electron chi connectivity index (χ3n) is 8.47. The van der Waals surface area contributed by atoms with Gasteiger partial charge in [-0.1, -0.05) is 0 Å². The average Bonchev–Trinajstić information content (AvgIpc) is 3.67. The summed E-state index contributed by atoms with van der Waals surface area (Å²) in [5.41, 5.74) is 4.69. The van der Waals surface area contributed by atoms with Gasteiger partial charge in [-0.3, -0.25) is 9.69 Å². The molecule has 3 heterocycles. The number of fused-ring (bicyclic) bond motifs is 3. The van der Waals surface area contributed by atoms with Gasteiger partial charge in [0.2, 0.25) is 5.91 Å². The summed E-state index contributed by atoms with van der Waals surface area (Å²) in [5.74, 6) is 2.83. The highest BCUT2D eigenvalue weighted by molar-refractivity contribution is 7.19. The molecule has 3 aliphatic rings. The van der Waals surface area contributed by atoms with Crippen LogP contribution in [0.2, 0.25) is 0 Å². The summed E-state index contributed by atoms with van der Waals surface area (Å²) in [6.45, 7) is 12.2. The number of benzene rings is 1. The Kier molecular flexibility index (Phi) is 7.73. The van der Waals surface area contributed by atoms with E-state index in [-0.39, 0.29) is 5.91 Å². The van der Waals surface area contributed by atoms with Gasteiger partial charge in [0.05, 0.1) is 24.2 Å². The van der Waals surface area contributed by atoms with E-state index in [1.165, 1.54) is 41.0 Å². The number of nitrogens with one attached hydrogen (secondary N) is 2. The molecule has 1 atom stereocenters. The van der Waals surface area contributed by atoms with E-state index >= 15 is 0 Å². The third-order valence-corrected chi connectivity index (χ3v) is 9.64. The third kappa shape index (κ3) is 5.90. The number of hydrogen-bond donors (Lipinski definition) is 2. The topological polar surface area (TPSA) is 82.6 Å². The van der Waals surface area contributed by atoms with Crippen molar-refractivity contribution in [1.82, 2.24) is 25.1 Å². The average molecular weight is 549 g/mol. The van der Waals surface area contributed by atoms with Gasteiger partial charge in [0, 0.05) is 43.6 Å². The smallest absolute Gasteiger partial charge is 0.236 e. The predicted octanol–water partition coefficient (Wildman–Crippen LogP) is 4.45. The predicted molar refractivity (Wildman–Crippen MR) is 157 cm³/mol. The van der Waals surface area contributed by atoms with Crippen LogP contribution < -0.4 is 15.4 Å². The molecule has 0 radical (unpaired) electrons. The number of piperazine rings is 1. The molecule has 1 amide bonds. The van der Waals surface area contributed by atoms with Gasteiger partial charge in [-0.2, -0.15) is 0 Å². The lowest BCUT2D eigenvalue weighted by Crippen LogP contribution is -2.52. The first-order valence-electron chi connectivity index (χ1n) is 14.5. The monoisotopic (exact) mass is 548 g/mol. The summed E-state index contributed by atoms with van der Waals surface area (Å²) < 4.78 is 5.93. The molecule has 2 fully saturated rings. The maximum absolute atomic E-state index is 12.9. The summed E-state index contributed by atoms with van der Waals surface area (Å²) in [7, 11) is 0. The zero-order chi connectivity index (χ0) is 26.9. The Hall–Kier alpha value is -2.75. The van der Waals surface area contributed by atoms with Crippen LogP contribution in [0.15, 0.2) is 18.5 Å². The lowest BCUT2D eigenvalue weighted by molar-refractivity contribution is -0.132. The molecule has 208 valence electrons. The van der Waals surface area contributed by atoms with Crippen LogP contribution in [0.5, 0.6) is 5.75 Å². The van der Waals surface area contributed by atoms with Crippen molar-refractivity contribution in [1.29, 1.82) is 0 Å². The van der Waals surface area contributed by atoms with Crippen LogP contribution in [0.25, 0.3) is 10.2 Å². The Morgan fingerprint density at radius 3 is 2.67 bits per heavy atom. The number of rotatable bonds is 9. The Labute approximate surface area is 235 Å². The van der Waals surface area contributed by atoms with E-state index in [2.05, 4.69) is 51.5 Å². The molecule has 1 saturated heterocycles. The Morgan fingerprint density at radius 1 is 1.10 bits per heavy atom. The molecule has 1 aliphatic heterocycles. The molecule has 0 bridgehead atoms. The number of carbonyl (C=O) groups is 1. The molecule has 39 heavy (non-hydrogen) atoms. The summed E-state index contributed by atoms with van der Waals surface area (Å²) in [6, 6.07) is 4.53. The second-order valence-corrected chi connectivity index (χ2v) is 12.4. The number of carbonyl (C=O) groups excluding carboxylic acids is 1. The lowest BCUT2D eigenvalue weighted by Gasteiger charge is -2.35. The Morgan fingerprint density at radius 2 is 1.90 bits per heavy atom. The highest BCUT2D eigenvalue weighted by Crippen LogP contribution is 2.40. The molecular formula is C30H40N6O2S. The van der Waals surface area contributed by atoms with Crippen LogP contribution >= 0.6 is 11.3 Å². The van der Waals surface area contributed by atoms with Crippen LogP contribution in [0.1, 0.15) is 47.8 Å². The van der Waals surface area contributed by atoms with E-state index in [9.17, 15) is 4.79 Å². The SMILES string of the molecule is CCOc1cc(C)c(C)cc1Nc1ncnc2sc3c(c12)CCC(NCC(=O)N1CCN(CC2CC2)CC1)C3. The normalized spacial score (nSPS) is 19.8. The standard InChI is InChI=1S/C30H40N6O2S/c1-4-38-25-14-20(3)19(2)13-24(25)34-29-28-23-8-7-22(15-26(23)39-30(28)33-18-32-29)31-16-27(37)36-11-9-35(10-12-36)17-21-5-6-21/h13-14,18,21-22,31H,4-12,15-17H2,1-3H3,(H,32,33,34). The molecule has 2 aromatic heterocycles. The first kappa shape index (κ1) is 26.5. The highest BCUT2D eigenvalue weighted by Gasteiger charge is 2.29. The van der Waals surface area contributed by atoms with Crippen LogP contribution in [0.3, 0.4) is 0 Å². The zero-order valence-corrected chi connectivity index (χ0v) is 24.2. The number of anilines is 2. The van der Waals surface area contributed by atoms with Gasteiger partial charge >= 0.3 is 0 Å². The van der Waals surface area contributed by atoms with E-state index in [0.717, 1.165) is 78.8 Å². The second-order valence-electron chi connectivity index (χ2n) is 11.3. The minimum absolute atomic E-state index is 0.235. The fourth-order valence-electron chi connectivity index (χ4n) is 5.86. The maximum atomic E-state index is 12.9. The minimum atomic E-state index is 0.235. The minimum Gasteiger partial charge on any atom is -0.492 e. The van der Waals surface area contributed by atoms with Crippen molar-refractivity contribution in [3.8, 4) is 5.75 Å². The molecule has 2 aliphatic carbocycles. The van der Waals surface area contributed by atoms with Crippen molar-refractivity contribution in [3.05, 3.63) is 40.0 Å². The van der Waals surface area contributed by atoms with E-state index in [1.54, 1.807) is 17.7 Å². The molecule has 0 spiro atoms. The molecule has 9 heteroatoms. The highest BCUT2D eigenvalue weighted by atomic mass is 32.1. The number of hydrogen-bond acceptors (Lipinski definition) is 8. The van der Waals surface area contributed by atoms with Crippen molar-refractivity contribution >= 4 is 39.0 Å². The first-order chi connectivity index (χ1) is 19.0. The molecule has 1 saturated carbocycles. The molecule has 2 N–H and O–H groups in total. The van der Waals surface area contributed by atoms with Crippen LogP contribution in [-0.4, -0.2) is 77.6 Å². The largest absolute Gasteiger partial charge is 0.492 e. The number of thiophene rings is 1. The van der Waals surface area contributed by atoms with E-state index in [0.29, 0.717) is 19.2 Å². The number of nitrogens with zero attached hydrogens (tertiary/aromatic N) is 4. The fourth-order valence-corrected chi connectivity index (χ4v) is 7.12. The van der Waals surface area contributed by atoms with Crippen molar-refractivity contribution in [2.45, 2.75) is 58.9 Å². The number of ether oxygens (including phenoxy) is 1. The van der Waals surface area contributed by atoms with Gasteiger partial charge in [0.1, 0.15) is 22.7 Å². The molecule has 6 rings (SSSR count). The van der Waals surface area contributed by atoms with Gasteiger partial charge in [-0.15, -0.1) is 11.3 Å². The summed E-state index contributed by atoms with van der Waals surface area (Å²) in [5, 5.41) is 8.27. The van der Waals surface area contributed by atoms with Gasteiger partial charge in [-0.25, -0.2) is 9.97 Å².